The lowest BCUT2D eigenvalue weighted by Gasteiger charge is -2.13. The van der Waals surface area contributed by atoms with E-state index in [9.17, 15) is 14.4 Å². The molecule has 0 saturated carbocycles. The standard InChI is InChI=1S/C20H22N2O4/c1-14(23)17-8-9-18(22-15(2)24)19(12-17)26-13-20(25)21-11-10-16-6-4-3-5-7-16/h3-9,12H,10-11,13H2,1-2H3,(H,21,25)(H,22,24). The van der Waals surface area contributed by atoms with E-state index in [-0.39, 0.29) is 30.0 Å². The number of hydrogen-bond donors (Lipinski definition) is 2. The molecule has 0 radical (unpaired) electrons. The number of anilines is 1. The van der Waals surface area contributed by atoms with Crippen molar-refractivity contribution in [1.82, 2.24) is 5.32 Å². The largest absolute Gasteiger partial charge is 0.482 e. The van der Waals surface area contributed by atoms with E-state index >= 15 is 0 Å². The van der Waals surface area contributed by atoms with E-state index in [2.05, 4.69) is 10.6 Å². The zero-order valence-electron chi connectivity index (χ0n) is 14.9. The van der Waals surface area contributed by atoms with Gasteiger partial charge in [-0.15, -0.1) is 0 Å². The number of ether oxygens (including phenoxy) is 1. The van der Waals surface area contributed by atoms with Gasteiger partial charge in [0.25, 0.3) is 5.91 Å². The molecule has 0 fully saturated rings. The van der Waals surface area contributed by atoms with Crippen molar-refractivity contribution in [3.05, 3.63) is 59.7 Å². The molecule has 26 heavy (non-hydrogen) atoms. The first-order chi connectivity index (χ1) is 12.5. The van der Waals surface area contributed by atoms with Gasteiger partial charge in [0.15, 0.2) is 12.4 Å². The van der Waals surface area contributed by atoms with Crippen LogP contribution in [-0.2, 0) is 16.0 Å². The summed E-state index contributed by atoms with van der Waals surface area (Å²) >= 11 is 0. The summed E-state index contributed by atoms with van der Waals surface area (Å²) in [5.41, 5.74) is 1.99. The molecular formula is C20H22N2O4. The molecule has 0 saturated heterocycles. The Bertz CT molecular complexity index is 788. The average Bonchev–Trinajstić information content (AvgIpc) is 2.61. The number of nitrogens with one attached hydrogen (secondary N) is 2. The Labute approximate surface area is 152 Å². The fraction of sp³-hybridized carbons (Fsp3) is 0.250. The normalized spacial score (nSPS) is 10.1. The Kier molecular flexibility index (Phi) is 6.91. The molecule has 2 aromatic carbocycles. The van der Waals surface area contributed by atoms with Crippen LogP contribution in [0.15, 0.2) is 48.5 Å². The van der Waals surface area contributed by atoms with Gasteiger partial charge in [0, 0.05) is 19.0 Å². The number of carbonyl (C=O) groups is 3. The first-order valence-electron chi connectivity index (χ1n) is 8.31. The van der Waals surface area contributed by atoms with Crippen molar-refractivity contribution >= 4 is 23.3 Å². The van der Waals surface area contributed by atoms with Crippen LogP contribution in [0, 0.1) is 0 Å². The lowest BCUT2D eigenvalue weighted by Crippen LogP contribution is -2.30. The van der Waals surface area contributed by atoms with Crippen LogP contribution in [0.3, 0.4) is 0 Å². The van der Waals surface area contributed by atoms with Crippen LogP contribution in [0.25, 0.3) is 0 Å². The Morgan fingerprint density at radius 1 is 1.00 bits per heavy atom. The van der Waals surface area contributed by atoms with Crippen molar-refractivity contribution < 1.29 is 19.1 Å². The van der Waals surface area contributed by atoms with Crippen LogP contribution in [0.4, 0.5) is 5.69 Å². The first kappa shape index (κ1) is 19.2. The van der Waals surface area contributed by atoms with Gasteiger partial charge in [-0.1, -0.05) is 30.3 Å². The number of amides is 2. The molecule has 2 aromatic rings. The highest BCUT2D eigenvalue weighted by Crippen LogP contribution is 2.26. The van der Waals surface area contributed by atoms with E-state index in [1.54, 1.807) is 12.1 Å². The third-order valence-electron chi connectivity index (χ3n) is 3.64. The van der Waals surface area contributed by atoms with Crippen LogP contribution in [0.1, 0.15) is 29.8 Å². The molecule has 136 valence electrons. The number of rotatable bonds is 8. The van der Waals surface area contributed by atoms with Gasteiger partial charge in [-0.2, -0.15) is 0 Å². The predicted molar refractivity (Wildman–Crippen MR) is 99.4 cm³/mol. The predicted octanol–water partition coefficient (Wildman–Crippen LogP) is 2.59. The Balaban J connectivity index is 1.91. The topological polar surface area (TPSA) is 84.5 Å². The van der Waals surface area contributed by atoms with Crippen LogP contribution in [0.2, 0.25) is 0 Å². The molecule has 0 spiro atoms. The summed E-state index contributed by atoms with van der Waals surface area (Å²) in [6, 6.07) is 14.5. The van der Waals surface area contributed by atoms with Crippen LogP contribution in [0.5, 0.6) is 5.75 Å². The van der Waals surface area contributed by atoms with Crippen molar-refractivity contribution in [3.8, 4) is 5.75 Å². The second kappa shape index (κ2) is 9.36. The van der Waals surface area contributed by atoms with Gasteiger partial charge in [0.05, 0.1) is 5.69 Å². The van der Waals surface area contributed by atoms with E-state index in [0.717, 1.165) is 12.0 Å². The van der Waals surface area contributed by atoms with Gasteiger partial charge in [-0.25, -0.2) is 0 Å². The van der Waals surface area contributed by atoms with Gasteiger partial charge in [0.2, 0.25) is 5.91 Å². The highest BCUT2D eigenvalue weighted by atomic mass is 16.5. The van der Waals surface area contributed by atoms with Crippen molar-refractivity contribution in [2.75, 3.05) is 18.5 Å². The molecule has 0 aliphatic carbocycles. The zero-order chi connectivity index (χ0) is 18.9. The molecule has 2 amide bonds. The van der Waals surface area contributed by atoms with Gasteiger partial charge >= 0.3 is 0 Å². The number of benzene rings is 2. The maximum absolute atomic E-state index is 12.0. The highest BCUT2D eigenvalue weighted by molar-refractivity contribution is 5.96. The molecule has 0 aliphatic heterocycles. The summed E-state index contributed by atoms with van der Waals surface area (Å²) in [6.07, 6.45) is 0.726. The minimum absolute atomic E-state index is 0.128. The second-order valence-electron chi connectivity index (χ2n) is 5.82. The van der Waals surface area contributed by atoms with Crippen LogP contribution in [-0.4, -0.2) is 30.7 Å². The van der Waals surface area contributed by atoms with Gasteiger partial charge < -0.3 is 15.4 Å². The maximum atomic E-state index is 12.0. The quantitative estimate of drug-likeness (QED) is 0.714. The Hall–Kier alpha value is -3.15. The Morgan fingerprint density at radius 2 is 1.73 bits per heavy atom. The number of ketones is 1. The zero-order valence-corrected chi connectivity index (χ0v) is 14.9. The SMILES string of the molecule is CC(=O)Nc1ccc(C(C)=O)cc1OCC(=O)NCCc1ccccc1. The number of hydrogen-bond acceptors (Lipinski definition) is 4. The molecule has 0 atom stereocenters. The molecule has 6 heteroatoms. The third kappa shape index (κ3) is 6.05. The molecule has 0 heterocycles. The van der Waals surface area contributed by atoms with Crippen LogP contribution >= 0.6 is 0 Å². The lowest BCUT2D eigenvalue weighted by atomic mass is 10.1. The lowest BCUT2D eigenvalue weighted by molar-refractivity contribution is -0.123. The fourth-order valence-corrected chi connectivity index (χ4v) is 2.34. The van der Waals surface area contributed by atoms with E-state index in [1.807, 2.05) is 30.3 Å². The van der Waals surface area contributed by atoms with Crippen molar-refractivity contribution in [3.63, 3.8) is 0 Å². The Morgan fingerprint density at radius 3 is 2.38 bits per heavy atom. The van der Waals surface area contributed by atoms with Crippen molar-refractivity contribution in [2.24, 2.45) is 0 Å². The number of Topliss-reactive ketones (excluding diaryl/α,β-unsaturated/α-hetero) is 1. The summed E-state index contributed by atoms with van der Waals surface area (Å²) in [4.78, 5) is 34.8. The minimum Gasteiger partial charge on any atom is -0.482 e. The molecule has 6 nitrogen and oxygen atoms in total. The smallest absolute Gasteiger partial charge is 0.257 e. The molecule has 0 aromatic heterocycles. The summed E-state index contributed by atoms with van der Waals surface area (Å²) in [5, 5.41) is 5.40. The van der Waals surface area contributed by atoms with Gasteiger partial charge in [-0.05, 0) is 37.1 Å². The molecule has 0 unspecified atom stereocenters. The summed E-state index contributed by atoms with van der Waals surface area (Å²) in [6.45, 7) is 3.10. The molecule has 2 rings (SSSR count). The third-order valence-corrected chi connectivity index (χ3v) is 3.64. The van der Waals surface area contributed by atoms with E-state index < -0.39 is 0 Å². The van der Waals surface area contributed by atoms with E-state index in [1.165, 1.54) is 19.9 Å². The fourth-order valence-electron chi connectivity index (χ4n) is 2.34. The molecular weight excluding hydrogens is 332 g/mol. The van der Waals surface area contributed by atoms with Crippen molar-refractivity contribution in [2.45, 2.75) is 20.3 Å². The number of carbonyl (C=O) groups excluding carboxylic acids is 3. The van der Waals surface area contributed by atoms with E-state index in [0.29, 0.717) is 17.8 Å². The highest BCUT2D eigenvalue weighted by Gasteiger charge is 2.11. The van der Waals surface area contributed by atoms with E-state index in [4.69, 9.17) is 4.74 Å². The second-order valence-corrected chi connectivity index (χ2v) is 5.82. The summed E-state index contributed by atoms with van der Waals surface area (Å²) in [7, 11) is 0. The molecule has 2 N–H and O–H groups in total. The maximum Gasteiger partial charge on any atom is 0.257 e. The molecule has 0 aliphatic rings. The first-order valence-corrected chi connectivity index (χ1v) is 8.31. The molecule has 0 bridgehead atoms. The van der Waals surface area contributed by atoms with Gasteiger partial charge in [-0.3, -0.25) is 14.4 Å². The minimum atomic E-state index is -0.275. The summed E-state index contributed by atoms with van der Waals surface area (Å²) in [5.74, 6) is -0.386. The summed E-state index contributed by atoms with van der Waals surface area (Å²) < 4.78 is 5.51. The average molecular weight is 354 g/mol. The van der Waals surface area contributed by atoms with Crippen molar-refractivity contribution in [1.29, 1.82) is 0 Å². The van der Waals surface area contributed by atoms with Gasteiger partial charge in [0.1, 0.15) is 5.75 Å². The monoisotopic (exact) mass is 354 g/mol. The van der Waals surface area contributed by atoms with Crippen LogP contribution < -0.4 is 15.4 Å².